The molecule has 0 amide bonds. The first-order chi connectivity index (χ1) is 8.25. The second-order valence-corrected chi connectivity index (χ2v) is 4.10. The van der Waals surface area contributed by atoms with Crippen molar-refractivity contribution in [3.63, 3.8) is 0 Å². The lowest BCUT2D eigenvalue weighted by atomic mass is 10.1. The predicted octanol–water partition coefficient (Wildman–Crippen LogP) is 3.63. The summed E-state index contributed by atoms with van der Waals surface area (Å²) in [6, 6.07) is 4.14. The van der Waals surface area contributed by atoms with Crippen molar-refractivity contribution in [2.75, 3.05) is 0 Å². The van der Waals surface area contributed by atoms with Crippen LogP contribution in [0.4, 0.5) is 0 Å². The number of hydrogen-bond acceptors (Lipinski definition) is 2. The molecule has 1 aliphatic rings. The third kappa shape index (κ3) is 3.25. The van der Waals surface area contributed by atoms with E-state index in [2.05, 4.69) is 34.3 Å². The molecular formula is C15H16N2. The van der Waals surface area contributed by atoms with E-state index in [9.17, 15) is 0 Å². The molecule has 0 atom stereocenters. The van der Waals surface area contributed by atoms with Crippen molar-refractivity contribution in [1.29, 1.82) is 0 Å². The second-order valence-electron chi connectivity index (χ2n) is 4.10. The third-order valence-electron chi connectivity index (χ3n) is 2.65. The molecule has 0 radical (unpaired) electrons. The molecular weight excluding hydrogens is 208 g/mol. The summed E-state index contributed by atoms with van der Waals surface area (Å²) in [6.45, 7) is 4.04. The molecule has 1 aromatic heterocycles. The van der Waals surface area contributed by atoms with Crippen molar-refractivity contribution in [3.05, 3.63) is 59.1 Å². The molecule has 86 valence electrons. The van der Waals surface area contributed by atoms with Crippen molar-refractivity contribution < 1.29 is 0 Å². The fourth-order valence-electron chi connectivity index (χ4n) is 1.69. The van der Waals surface area contributed by atoms with Crippen molar-refractivity contribution >= 4 is 12.3 Å². The van der Waals surface area contributed by atoms with Gasteiger partial charge < -0.3 is 0 Å². The van der Waals surface area contributed by atoms with Crippen molar-refractivity contribution in [1.82, 2.24) is 4.98 Å². The van der Waals surface area contributed by atoms with E-state index in [1.54, 1.807) is 6.21 Å². The molecule has 17 heavy (non-hydrogen) atoms. The molecule has 0 unspecified atom stereocenters. The van der Waals surface area contributed by atoms with Crippen LogP contribution in [0.1, 0.15) is 23.4 Å². The number of pyridine rings is 1. The van der Waals surface area contributed by atoms with Crippen molar-refractivity contribution in [2.24, 2.45) is 4.99 Å². The lowest BCUT2D eigenvalue weighted by molar-refractivity contribution is 1.11. The van der Waals surface area contributed by atoms with Crippen LogP contribution >= 0.6 is 0 Å². The van der Waals surface area contributed by atoms with Gasteiger partial charge in [-0.25, -0.2) is 0 Å². The average Bonchev–Trinajstić information content (AvgIpc) is 2.56. The van der Waals surface area contributed by atoms with E-state index in [4.69, 9.17) is 0 Å². The zero-order valence-electron chi connectivity index (χ0n) is 10.2. The fourth-order valence-corrected chi connectivity index (χ4v) is 1.69. The van der Waals surface area contributed by atoms with E-state index in [1.165, 1.54) is 5.57 Å². The molecule has 0 saturated carbocycles. The van der Waals surface area contributed by atoms with Gasteiger partial charge in [0.25, 0.3) is 0 Å². The highest BCUT2D eigenvalue weighted by Gasteiger charge is 1.97. The van der Waals surface area contributed by atoms with Gasteiger partial charge in [-0.2, -0.15) is 0 Å². The molecule has 2 heteroatoms. The molecule has 1 aliphatic heterocycles. The van der Waals surface area contributed by atoms with E-state index >= 15 is 0 Å². The molecule has 0 aromatic carbocycles. The molecule has 1 aromatic rings. The monoisotopic (exact) mass is 224 g/mol. The highest BCUT2D eigenvalue weighted by molar-refractivity contribution is 5.72. The Morgan fingerprint density at radius 2 is 2.06 bits per heavy atom. The number of allylic oxidation sites excluding steroid dienone is 4. The summed E-state index contributed by atoms with van der Waals surface area (Å²) >= 11 is 0. The number of aryl methyl sites for hydroxylation is 2. The SMILES string of the molecule is Cc1ccc(/C=C\C2=CN=CC=CC2)c(C)n1. The summed E-state index contributed by atoms with van der Waals surface area (Å²) in [5.74, 6) is 0. The zero-order chi connectivity index (χ0) is 12.1. The van der Waals surface area contributed by atoms with Gasteiger partial charge >= 0.3 is 0 Å². The summed E-state index contributed by atoms with van der Waals surface area (Å²) in [4.78, 5) is 8.60. The maximum Gasteiger partial charge on any atom is 0.0448 e. The Bertz CT molecular complexity index is 520. The van der Waals surface area contributed by atoms with Gasteiger partial charge in [-0.15, -0.1) is 0 Å². The number of rotatable bonds is 2. The number of nitrogens with zero attached hydrogens (tertiary/aromatic N) is 2. The van der Waals surface area contributed by atoms with Gasteiger partial charge in [-0.05, 0) is 43.5 Å². The van der Waals surface area contributed by atoms with E-state index in [0.717, 1.165) is 23.4 Å². The van der Waals surface area contributed by atoms with Gasteiger partial charge in [0.1, 0.15) is 0 Å². The van der Waals surface area contributed by atoms with Gasteiger partial charge in [-0.3, -0.25) is 9.98 Å². The van der Waals surface area contributed by atoms with E-state index in [1.807, 2.05) is 32.2 Å². The third-order valence-corrected chi connectivity index (χ3v) is 2.65. The molecule has 0 N–H and O–H groups in total. The minimum absolute atomic E-state index is 0.925. The van der Waals surface area contributed by atoms with Gasteiger partial charge in [-0.1, -0.05) is 24.3 Å². The molecule has 2 heterocycles. The maximum atomic E-state index is 4.44. The van der Waals surface area contributed by atoms with Crippen LogP contribution in [0.25, 0.3) is 6.08 Å². The smallest absolute Gasteiger partial charge is 0.0448 e. The second kappa shape index (κ2) is 5.39. The van der Waals surface area contributed by atoms with Gasteiger partial charge in [0, 0.05) is 23.8 Å². The van der Waals surface area contributed by atoms with E-state index in [-0.39, 0.29) is 0 Å². The standard InChI is InChI=1S/C15H16N2/c1-12-6-8-15(13(2)17-12)9-7-14-5-3-4-10-16-11-14/h3-4,6-11H,5H2,1-2H3/b9-7-. The fraction of sp³-hybridized carbons (Fsp3) is 0.200. The normalized spacial score (nSPS) is 15.1. The molecule has 2 nitrogen and oxygen atoms in total. The lowest BCUT2D eigenvalue weighted by Gasteiger charge is -2.01. The minimum atomic E-state index is 0.925. The molecule has 2 rings (SSSR count). The zero-order valence-corrected chi connectivity index (χ0v) is 10.2. The first kappa shape index (κ1) is 11.5. The Hall–Kier alpha value is -1.96. The van der Waals surface area contributed by atoms with Gasteiger partial charge in [0.15, 0.2) is 0 Å². The largest absolute Gasteiger partial charge is 0.264 e. The Morgan fingerprint density at radius 1 is 1.18 bits per heavy atom. The van der Waals surface area contributed by atoms with Crippen LogP contribution in [0.3, 0.4) is 0 Å². The summed E-state index contributed by atoms with van der Waals surface area (Å²) in [5, 5.41) is 0. The molecule has 0 spiro atoms. The Balaban J connectivity index is 2.17. The topological polar surface area (TPSA) is 25.2 Å². The molecule has 0 saturated heterocycles. The van der Waals surface area contributed by atoms with Crippen LogP contribution in [0.15, 0.2) is 47.1 Å². The summed E-state index contributed by atoms with van der Waals surface area (Å²) in [5.41, 5.74) is 4.49. The number of hydrogen-bond donors (Lipinski definition) is 0. The van der Waals surface area contributed by atoms with Crippen LogP contribution in [-0.4, -0.2) is 11.2 Å². The average molecular weight is 224 g/mol. The molecule has 0 bridgehead atoms. The number of aromatic nitrogens is 1. The highest BCUT2D eigenvalue weighted by atomic mass is 14.7. The van der Waals surface area contributed by atoms with Crippen LogP contribution in [-0.2, 0) is 0 Å². The summed E-state index contributed by atoms with van der Waals surface area (Å²) in [7, 11) is 0. The van der Waals surface area contributed by atoms with Crippen molar-refractivity contribution in [2.45, 2.75) is 20.3 Å². The molecule has 0 fully saturated rings. The number of aliphatic imine (C=N–C) groups is 1. The summed E-state index contributed by atoms with van der Waals surface area (Å²) < 4.78 is 0. The lowest BCUT2D eigenvalue weighted by Crippen LogP contribution is -1.88. The van der Waals surface area contributed by atoms with E-state index < -0.39 is 0 Å². The van der Waals surface area contributed by atoms with E-state index in [0.29, 0.717) is 0 Å². The first-order valence-corrected chi connectivity index (χ1v) is 5.75. The van der Waals surface area contributed by atoms with Crippen LogP contribution < -0.4 is 0 Å². The van der Waals surface area contributed by atoms with Gasteiger partial charge in [0.2, 0.25) is 0 Å². The van der Waals surface area contributed by atoms with Crippen LogP contribution in [0.2, 0.25) is 0 Å². The minimum Gasteiger partial charge on any atom is -0.264 e. The van der Waals surface area contributed by atoms with Crippen LogP contribution in [0.5, 0.6) is 0 Å². The Morgan fingerprint density at radius 3 is 2.88 bits per heavy atom. The maximum absolute atomic E-state index is 4.44. The Labute approximate surface area is 102 Å². The van der Waals surface area contributed by atoms with Crippen LogP contribution in [0, 0.1) is 13.8 Å². The first-order valence-electron chi connectivity index (χ1n) is 5.75. The quantitative estimate of drug-likeness (QED) is 0.753. The highest BCUT2D eigenvalue weighted by Crippen LogP contribution is 2.13. The molecule has 0 aliphatic carbocycles. The van der Waals surface area contributed by atoms with Crippen molar-refractivity contribution in [3.8, 4) is 0 Å². The summed E-state index contributed by atoms with van der Waals surface area (Å²) in [6.07, 6.45) is 12.9. The Kier molecular flexibility index (Phi) is 3.66. The predicted molar refractivity (Wildman–Crippen MR) is 73.1 cm³/mol. The van der Waals surface area contributed by atoms with Gasteiger partial charge in [0.05, 0.1) is 0 Å².